The molecule has 0 spiro atoms. The fourth-order valence-corrected chi connectivity index (χ4v) is 2.98. The van der Waals surface area contributed by atoms with Crippen molar-refractivity contribution in [3.63, 3.8) is 0 Å². The summed E-state index contributed by atoms with van der Waals surface area (Å²) in [6.45, 7) is 1.55. The van der Waals surface area contributed by atoms with E-state index in [4.69, 9.17) is 11.6 Å². The Morgan fingerprint density at radius 3 is 2.48 bits per heavy atom. The Hall–Kier alpha value is -2.31. The normalized spacial score (nSPS) is 15.2. The molecule has 25 heavy (non-hydrogen) atoms. The van der Waals surface area contributed by atoms with Crippen LogP contribution in [0.5, 0.6) is 5.75 Å². The number of halogens is 2. The molecular formula is C18H18ClFN2O3. The quantitative estimate of drug-likeness (QED) is 0.730. The highest BCUT2D eigenvalue weighted by Crippen LogP contribution is 2.29. The Morgan fingerprint density at radius 2 is 1.84 bits per heavy atom. The molecule has 1 fully saturated rings. The Bertz CT molecular complexity index is 775. The monoisotopic (exact) mass is 364 g/mol. The van der Waals surface area contributed by atoms with Crippen molar-refractivity contribution in [1.29, 1.82) is 0 Å². The van der Waals surface area contributed by atoms with Gasteiger partial charge in [-0.15, -0.1) is 0 Å². The summed E-state index contributed by atoms with van der Waals surface area (Å²) < 4.78 is 13.4. The summed E-state index contributed by atoms with van der Waals surface area (Å²) in [6.07, 6.45) is 1.22. The second-order valence-electron chi connectivity index (χ2n) is 6.00. The minimum atomic E-state index is -0.859. The van der Waals surface area contributed by atoms with E-state index in [1.165, 1.54) is 0 Å². The Kier molecular flexibility index (Phi) is 5.11. The highest BCUT2D eigenvalue weighted by atomic mass is 35.5. The Labute approximate surface area is 149 Å². The number of phenolic OH excluding ortho intramolecular Hbond substituents is 1. The molecule has 1 heterocycles. The molecule has 3 rings (SSSR count). The molecule has 2 aromatic rings. The number of aromatic hydroxyl groups is 1. The molecule has 1 aliphatic heterocycles. The Balaban J connectivity index is 1.70. The van der Waals surface area contributed by atoms with Gasteiger partial charge in [0.05, 0.1) is 16.8 Å². The summed E-state index contributed by atoms with van der Waals surface area (Å²) in [5, 5.41) is 21.4. The van der Waals surface area contributed by atoms with Gasteiger partial charge in [0, 0.05) is 36.5 Å². The summed E-state index contributed by atoms with van der Waals surface area (Å²) >= 11 is 5.90. The van der Waals surface area contributed by atoms with Crippen molar-refractivity contribution in [1.82, 2.24) is 0 Å². The van der Waals surface area contributed by atoms with Crippen molar-refractivity contribution >= 4 is 28.9 Å². The number of hydrogen-bond acceptors (Lipinski definition) is 4. The number of phenols is 1. The minimum absolute atomic E-state index is 0.0516. The number of benzene rings is 2. The maximum absolute atomic E-state index is 13.4. The maximum atomic E-state index is 13.4. The van der Waals surface area contributed by atoms with Crippen LogP contribution in [0, 0.1) is 5.82 Å². The lowest BCUT2D eigenvalue weighted by atomic mass is 10.1. The molecule has 3 N–H and O–H groups in total. The van der Waals surface area contributed by atoms with Crippen LogP contribution in [0.1, 0.15) is 23.2 Å². The van der Waals surface area contributed by atoms with E-state index in [0.717, 1.165) is 43.8 Å². The maximum Gasteiger partial charge on any atom is 0.255 e. The van der Waals surface area contributed by atoms with E-state index in [-0.39, 0.29) is 16.8 Å². The van der Waals surface area contributed by atoms with Crippen LogP contribution in [0.25, 0.3) is 0 Å². The van der Waals surface area contributed by atoms with E-state index in [0.29, 0.717) is 5.56 Å². The van der Waals surface area contributed by atoms with Crippen LogP contribution >= 0.6 is 11.6 Å². The van der Waals surface area contributed by atoms with Gasteiger partial charge in [-0.05, 0) is 37.1 Å². The summed E-state index contributed by atoms with van der Waals surface area (Å²) in [4.78, 5) is 14.4. The lowest BCUT2D eigenvalue weighted by Crippen LogP contribution is -2.35. The van der Waals surface area contributed by atoms with Gasteiger partial charge in [-0.2, -0.15) is 0 Å². The zero-order valence-electron chi connectivity index (χ0n) is 13.4. The first-order valence-electron chi connectivity index (χ1n) is 7.96. The molecule has 1 amide bonds. The number of aliphatic hydroxyl groups excluding tert-OH is 1. The molecule has 0 saturated carbocycles. The van der Waals surface area contributed by atoms with Crippen molar-refractivity contribution < 1.29 is 19.4 Å². The molecule has 0 radical (unpaired) electrons. The van der Waals surface area contributed by atoms with E-state index in [2.05, 4.69) is 10.2 Å². The first kappa shape index (κ1) is 17.5. The second kappa shape index (κ2) is 7.29. The van der Waals surface area contributed by atoms with Crippen molar-refractivity contribution in [3.8, 4) is 5.75 Å². The molecule has 5 nitrogen and oxygen atoms in total. The molecule has 0 atom stereocenters. The van der Waals surface area contributed by atoms with Gasteiger partial charge in [0.1, 0.15) is 0 Å². The van der Waals surface area contributed by atoms with E-state index in [1.807, 2.05) is 12.1 Å². The van der Waals surface area contributed by atoms with Gasteiger partial charge in [0.2, 0.25) is 0 Å². The van der Waals surface area contributed by atoms with E-state index < -0.39 is 17.5 Å². The number of carbonyl (C=O) groups excluding carboxylic acids is 1. The molecule has 1 aliphatic rings. The highest BCUT2D eigenvalue weighted by Gasteiger charge is 2.18. The zero-order chi connectivity index (χ0) is 18.0. The average molecular weight is 365 g/mol. The number of carbonyl (C=O) groups is 1. The van der Waals surface area contributed by atoms with E-state index in [9.17, 15) is 19.4 Å². The van der Waals surface area contributed by atoms with Gasteiger partial charge in [0.25, 0.3) is 5.91 Å². The van der Waals surface area contributed by atoms with Gasteiger partial charge >= 0.3 is 0 Å². The van der Waals surface area contributed by atoms with Crippen molar-refractivity contribution in [2.75, 3.05) is 23.3 Å². The SMILES string of the molecule is O=C(Nc1cc(F)c(O)cc1Cl)c1ccc(N2CCC(O)CC2)cc1. The smallest absolute Gasteiger partial charge is 0.255 e. The number of nitrogens with one attached hydrogen (secondary N) is 1. The third-order valence-electron chi connectivity index (χ3n) is 4.24. The van der Waals surface area contributed by atoms with Crippen LogP contribution in [0.2, 0.25) is 5.02 Å². The number of amides is 1. The predicted molar refractivity (Wildman–Crippen MR) is 94.9 cm³/mol. The fraction of sp³-hybridized carbons (Fsp3) is 0.278. The molecule has 0 aromatic heterocycles. The lowest BCUT2D eigenvalue weighted by Gasteiger charge is -2.31. The largest absolute Gasteiger partial charge is 0.505 e. The van der Waals surface area contributed by atoms with Gasteiger partial charge in [0.15, 0.2) is 11.6 Å². The fourth-order valence-electron chi connectivity index (χ4n) is 2.77. The van der Waals surface area contributed by atoms with Gasteiger partial charge < -0.3 is 20.4 Å². The van der Waals surface area contributed by atoms with Crippen LogP contribution in [0.3, 0.4) is 0 Å². The van der Waals surface area contributed by atoms with E-state index in [1.54, 1.807) is 12.1 Å². The van der Waals surface area contributed by atoms with Crippen molar-refractivity contribution in [2.24, 2.45) is 0 Å². The number of hydrogen-bond donors (Lipinski definition) is 3. The minimum Gasteiger partial charge on any atom is -0.505 e. The molecule has 0 unspecified atom stereocenters. The molecule has 2 aromatic carbocycles. The molecule has 0 aliphatic carbocycles. The summed E-state index contributed by atoms with van der Waals surface area (Å²) in [5.41, 5.74) is 1.48. The lowest BCUT2D eigenvalue weighted by molar-refractivity contribution is 0.102. The summed E-state index contributed by atoms with van der Waals surface area (Å²) in [5.74, 6) is -1.85. The molecule has 1 saturated heterocycles. The van der Waals surface area contributed by atoms with Crippen LogP contribution in [0.15, 0.2) is 36.4 Å². The van der Waals surface area contributed by atoms with Crippen LogP contribution in [-0.4, -0.2) is 35.3 Å². The summed E-state index contributed by atoms with van der Waals surface area (Å²) in [7, 11) is 0. The van der Waals surface area contributed by atoms with Crippen molar-refractivity contribution in [3.05, 3.63) is 52.8 Å². The Morgan fingerprint density at radius 1 is 1.20 bits per heavy atom. The number of aliphatic hydroxyl groups is 1. The van der Waals surface area contributed by atoms with Gasteiger partial charge in [-0.25, -0.2) is 4.39 Å². The number of rotatable bonds is 3. The average Bonchev–Trinajstić information content (AvgIpc) is 2.60. The summed E-state index contributed by atoms with van der Waals surface area (Å²) in [6, 6.07) is 9.06. The molecule has 0 bridgehead atoms. The van der Waals surface area contributed by atoms with E-state index >= 15 is 0 Å². The van der Waals surface area contributed by atoms with Crippen LogP contribution in [0.4, 0.5) is 15.8 Å². The first-order chi connectivity index (χ1) is 11.9. The standard InChI is InChI=1S/C18H18ClFN2O3/c19-14-9-17(24)15(20)10-16(14)21-18(25)11-1-3-12(4-2-11)22-7-5-13(23)6-8-22/h1-4,9-10,13,23-24H,5-8H2,(H,21,25). The first-order valence-corrected chi connectivity index (χ1v) is 8.34. The van der Waals surface area contributed by atoms with Gasteiger partial charge in [-0.3, -0.25) is 4.79 Å². The second-order valence-corrected chi connectivity index (χ2v) is 6.41. The highest BCUT2D eigenvalue weighted by molar-refractivity contribution is 6.34. The molecule has 132 valence electrons. The topological polar surface area (TPSA) is 72.8 Å². The molecule has 7 heteroatoms. The molecular weight excluding hydrogens is 347 g/mol. The number of nitrogens with zero attached hydrogens (tertiary/aromatic N) is 1. The number of anilines is 2. The third-order valence-corrected chi connectivity index (χ3v) is 4.56. The van der Waals surface area contributed by atoms with Crippen molar-refractivity contribution in [2.45, 2.75) is 18.9 Å². The third kappa shape index (κ3) is 4.03. The van der Waals surface area contributed by atoms with Gasteiger partial charge in [-0.1, -0.05) is 11.6 Å². The predicted octanol–water partition coefficient (Wildman–Crippen LogP) is 3.40. The van der Waals surface area contributed by atoms with Crippen LogP contribution < -0.4 is 10.2 Å². The zero-order valence-corrected chi connectivity index (χ0v) is 14.1. The van der Waals surface area contributed by atoms with Crippen LogP contribution in [-0.2, 0) is 0 Å². The number of piperidine rings is 1.